The summed E-state index contributed by atoms with van der Waals surface area (Å²) < 4.78 is 4.93. The number of hydrogen-bond acceptors (Lipinski definition) is 7. The van der Waals surface area contributed by atoms with Crippen molar-refractivity contribution in [2.75, 3.05) is 32.0 Å². The van der Waals surface area contributed by atoms with Gasteiger partial charge in [-0.15, -0.1) is 0 Å². The predicted octanol–water partition coefficient (Wildman–Crippen LogP) is 1.89. The lowest BCUT2D eigenvalue weighted by molar-refractivity contribution is 0.197. The number of pyridine rings is 1. The standard InChI is InChI=1S/C28H37N7O3/c1-3-13-35-27(37)25-26(34(28(35)38)14-11-21-7-9-23(29)10-8-21)31-24(19-22-6-5-12-30-20-22)33(25)16-15-32(4-2)17-18-36/h5-10,12,20,36H,3-4,11,13-19,29H2,1-2H3. The van der Waals surface area contributed by atoms with Gasteiger partial charge >= 0.3 is 5.69 Å². The van der Waals surface area contributed by atoms with Crippen molar-refractivity contribution in [3.05, 3.63) is 86.6 Å². The molecule has 0 unspecified atom stereocenters. The number of hydrogen-bond donors (Lipinski definition) is 2. The van der Waals surface area contributed by atoms with E-state index in [0.717, 1.165) is 17.7 Å². The van der Waals surface area contributed by atoms with Gasteiger partial charge in [-0.2, -0.15) is 0 Å². The Balaban J connectivity index is 1.85. The van der Waals surface area contributed by atoms with Crippen LogP contribution in [0, 0.1) is 0 Å². The molecule has 0 aliphatic rings. The van der Waals surface area contributed by atoms with Crippen molar-refractivity contribution >= 4 is 16.9 Å². The maximum atomic E-state index is 13.7. The highest BCUT2D eigenvalue weighted by molar-refractivity contribution is 5.71. The maximum Gasteiger partial charge on any atom is 0.332 e. The highest BCUT2D eigenvalue weighted by atomic mass is 16.3. The quantitative estimate of drug-likeness (QED) is 0.259. The number of anilines is 1. The highest BCUT2D eigenvalue weighted by Gasteiger charge is 2.22. The summed E-state index contributed by atoms with van der Waals surface area (Å²) in [4.78, 5) is 38.6. The molecule has 10 nitrogen and oxygen atoms in total. The molecule has 0 aliphatic heterocycles. The molecule has 0 radical (unpaired) electrons. The molecule has 3 aromatic heterocycles. The predicted molar refractivity (Wildman–Crippen MR) is 149 cm³/mol. The molecule has 3 heterocycles. The fraction of sp³-hybridized carbons (Fsp3) is 0.429. The van der Waals surface area contributed by atoms with Crippen LogP contribution in [0.4, 0.5) is 5.69 Å². The Labute approximate surface area is 222 Å². The number of aryl methyl sites for hydroxylation is 2. The summed E-state index contributed by atoms with van der Waals surface area (Å²) in [5.74, 6) is 0.708. The maximum absolute atomic E-state index is 13.7. The van der Waals surface area contributed by atoms with Gasteiger partial charge in [0.05, 0.1) is 6.61 Å². The van der Waals surface area contributed by atoms with Gasteiger partial charge in [0.15, 0.2) is 11.2 Å². The minimum atomic E-state index is -0.340. The molecule has 3 N–H and O–H groups in total. The fourth-order valence-electron chi connectivity index (χ4n) is 4.76. The Morgan fingerprint density at radius 1 is 0.947 bits per heavy atom. The summed E-state index contributed by atoms with van der Waals surface area (Å²) in [5.41, 5.74) is 8.73. The number of nitrogens with zero attached hydrogens (tertiary/aromatic N) is 6. The topological polar surface area (TPSA) is 124 Å². The number of nitrogen functional groups attached to an aromatic ring is 1. The molecular weight excluding hydrogens is 482 g/mol. The number of aromatic nitrogens is 5. The van der Waals surface area contributed by atoms with Gasteiger partial charge in [0.1, 0.15) is 5.82 Å². The van der Waals surface area contributed by atoms with E-state index in [1.165, 1.54) is 4.57 Å². The largest absolute Gasteiger partial charge is 0.399 e. The van der Waals surface area contributed by atoms with Crippen LogP contribution in [0.25, 0.3) is 11.2 Å². The van der Waals surface area contributed by atoms with Crippen LogP contribution in [0.5, 0.6) is 0 Å². The normalized spacial score (nSPS) is 11.6. The summed E-state index contributed by atoms with van der Waals surface area (Å²) in [7, 11) is 0. The van der Waals surface area contributed by atoms with Gasteiger partial charge in [-0.05, 0) is 48.7 Å². The minimum Gasteiger partial charge on any atom is -0.399 e. The molecule has 0 aliphatic carbocycles. The first-order chi connectivity index (χ1) is 18.5. The number of benzene rings is 1. The molecule has 0 bridgehead atoms. The molecule has 10 heteroatoms. The van der Waals surface area contributed by atoms with Crippen LogP contribution < -0.4 is 17.0 Å². The Bertz CT molecular complexity index is 1460. The van der Waals surface area contributed by atoms with Crippen molar-refractivity contribution in [1.82, 2.24) is 28.6 Å². The number of rotatable bonds is 13. The number of nitrogens with two attached hydrogens (primary N) is 1. The number of aliphatic hydroxyl groups excluding tert-OH is 1. The van der Waals surface area contributed by atoms with Gasteiger partial charge in [0.2, 0.25) is 0 Å². The average Bonchev–Trinajstić information content (AvgIpc) is 3.28. The van der Waals surface area contributed by atoms with E-state index in [-0.39, 0.29) is 17.9 Å². The molecule has 1 aromatic carbocycles. The molecule has 38 heavy (non-hydrogen) atoms. The van der Waals surface area contributed by atoms with Crippen molar-refractivity contribution in [2.24, 2.45) is 0 Å². The van der Waals surface area contributed by atoms with E-state index in [9.17, 15) is 14.7 Å². The average molecular weight is 520 g/mol. The van der Waals surface area contributed by atoms with Crippen LogP contribution in [0.15, 0.2) is 58.4 Å². The molecule has 4 rings (SSSR count). The molecule has 202 valence electrons. The van der Waals surface area contributed by atoms with Gasteiger partial charge in [-0.25, -0.2) is 9.78 Å². The number of likely N-dealkylation sites (N-methyl/N-ethyl adjacent to an activating group) is 1. The van der Waals surface area contributed by atoms with Crippen LogP contribution in [-0.4, -0.2) is 59.9 Å². The zero-order valence-electron chi connectivity index (χ0n) is 22.2. The Kier molecular flexibility index (Phi) is 9.09. The molecule has 0 fully saturated rings. The summed E-state index contributed by atoms with van der Waals surface area (Å²) in [5, 5.41) is 9.45. The Morgan fingerprint density at radius 2 is 1.74 bits per heavy atom. The smallest absolute Gasteiger partial charge is 0.332 e. The zero-order valence-corrected chi connectivity index (χ0v) is 22.2. The second-order valence-corrected chi connectivity index (χ2v) is 9.43. The van der Waals surface area contributed by atoms with E-state index in [1.54, 1.807) is 17.0 Å². The van der Waals surface area contributed by atoms with Gasteiger partial charge in [0.25, 0.3) is 5.56 Å². The summed E-state index contributed by atoms with van der Waals surface area (Å²) >= 11 is 0. The lowest BCUT2D eigenvalue weighted by atomic mass is 10.1. The molecule has 0 spiro atoms. The molecule has 0 atom stereocenters. The van der Waals surface area contributed by atoms with Crippen molar-refractivity contribution in [3.8, 4) is 0 Å². The van der Waals surface area contributed by atoms with Crippen molar-refractivity contribution in [2.45, 2.75) is 52.7 Å². The molecule has 4 aromatic rings. The van der Waals surface area contributed by atoms with Crippen molar-refractivity contribution in [3.63, 3.8) is 0 Å². The molecular formula is C28H37N7O3. The molecule has 0 amide bonds. The lowest BCUT2D eigenvalue weighted by Crippen LogP contribution is -2.41. The van der Waals surface area contributed by atoms with E-state index in [0.29, 0.717) is 74.7 Å². The van der Waals surface area contributed by atoms with Gasteiger partial charge in [-0.3, -0.25) is 23.8 Å². The van der Waals surface area contributed by atoms with E-state index in [4.69, 9.17) is 10.7 Å². The third-order valence-corrected chi connectivity index (χ3v) is 6.83. The first kappa shape index (κ1) is 27.3. The van der Waals surface area contributed by atoms with Crippen LogP contribution in [-0.2, 0) is 32.5 Å². The highest BCUT2D eigenvalue weighted by Crippen LogP contribution is 2.17. The number of imidazole rings is 1. The van der Waals surface area contributed by atoms with Crippen LogP contribution in [0.1, 0.15) is 37.2 Å². The van der Waals surface area contributed by atoms with Crippen molar-refractivity contribution in [1.29, 1.82) is 0 Å². The van der Waals surface area contributed by atoms with Gasteiger partial charge in [-0.1, -0.05) is 32.0 Å². The molecule has 0 saturated heterocycles. The van der Waals surface area contributed by atoms with E-state index in [2.05, 4.69) is 9.88 Å². The van der Waals surface area contributed by atoms with E-state index >= 15 is 0 Å². The van der Waals surface area contributed by atoms with Crippen LogP contribution in [0.2, 0.25) is 0 Å². The van der Waals surface area contributed by atoms with E-state index < -0.39 is 0 Å². The van der Waals surface area contributed by atoms with Gasteiger partial charge in [0, 0.05) is 57.2 Å². The third-order valence-electron chi connectivity index (χ3n) is 6.83. The monoisotopic (exact) mass is 519 g/mol. The zero-order chi connectivity index (χ0) is 27.1. The lowest BCUT2D eigenvalue weighted by Gasteiger charge is -2.20. The summed E-state index contributed by atoms with van der Waals surface area (Å²) in [6.07, 6.45) is 5.25. The summed E-state index contributed by atoms with van der Waals surface area (Å²) in [6.45, 7) is 7.26. The first-order valence-electron chi connectivity index (χ1n) is 13.3. The SMILES string of the molecule is CCCn1c(=O)c2c(nc(Cc3cccnc3)n2CCN(CC)CCO)n(CCc2ccc(N)cc2)c1=O. The number of aliphatic hydroxyl groups is 1. The van der Waals surface area contributed by atoms with Crippen molar-refractivity contribution < 1.29 is 5.11 Å². The Morgan fingerprint density at radius 3 is 2.39 bits per heavy atom. The van der Waals surface area contributed by atoms with Crippen LogP contribution in [0.3, 0.4) is 0 Å². The second-order valence-electron chi connectivity index (χ2n) is 9.43. The minimum absolute atomic E-state index is 0.0645. The number of fused-ring (bicyclic) bond motifs is 1. The first-order valence-corrected chi connectivity index (χ1v) is 13.3. The molecule has 0 saturated carbocycles. The fourth-order valence-corrected chi connectivity index (χ4v) is 4.76. The Hall–Kier alpha value is -3.76. The van der Waals surface area contributed by atoms with Gasteiger partial charge < -0.3 is 15.4 Å². The third kappa shape index (κ3) is 6.03. The second kappa shape index (κ2) is 12.7. The van der Waals surface area contributed by atoms with Crippen LogP contribution >= 0.6 is 0 Å². The van der Waals surface area contributed by atoms with E-state index in [1.807, 2.05) is 54.8 Å². The summed E-state index contributed by atoms with van der Waals surface area (Å²) in [6, 6.07) is 11.4.